The molecule has 0 N–H and O–H groups in total. The molecule has 0 fully saturated rings. The Morgan fingerprint density at radius 3 is 1.36 bits per heavy atom. The predicted molar refractivity (Wildman–Crippen MR) is 93.5 cm³/mol. The van der Waals surface area contributed by atoms with Crippen LogP contribution in [0.25, 0.3) is 12.2 Å². The molecule has 0 aromatic heterocycles. The van der Waals surface area contributed by atoms with Crippen molar-refractivity contribution in [2.75, 3.05) is 0 Å². The highest BCUT2D eigenvalue weighted by atomic mass is 16.5. The van der Waals surface area contributed by atoms with Gasteiger partial charge in [0.15, 0.2) is 0 Å². The van der Waals surface area contributed by atoms with Crippen LogP contribution < -0.4 is 0 Å². The number of benzene rings is 1. The Hall–Kier alpha value is -3.67. The SMILES string of the molecule is C=COC(=O)c1cc(C(=O)OC=C)c(C=C)c(C(=O)OC=C)c1C=C. The number of carbonyl (C=O) groups is 3. The second-order valence-corrected chi connectivity index (χ2v) is 4.30. The van der Waals surface area contributed by atoms with Crippen LogP contribution in [-0.4, -0.2) is 17.9 Å². The summed E-state index contributed by atoms with van der Waals surface area (Å²) in [5.74, 6) is -2.55. The van der Waals surface area contributed by atoms with Crippen molar-refractivity contribution in [2.24, 2.45) is 0 Å². The topological polar surface area (TPSA) is 78.9 Å². The highest BCUT2D eigenvalue weighted by molar-refractivity contribution is 6.09. The molecule has 25 heavy (non-hydrogen) atoms. The van der Waals surface area contributed by atoms with Crippen LogP contribution in [0, 0.1) is 0 Å². The van der Waals surface area contributed by atoms with Gasteiger partial charge in [-0.15, -0.1) is 0 Å². The molecule has 0 atom stereocenters. The number of esters is 3. The van der Waals surface area contributed by atoms with Gasteiger partial charge in [-0.2, -0.15) is 0 Å². The van der Waals surface area contributed by atoms with Crippen molar-refractivity contribution >= 4 is 30.1 Å². The third kappa shape index (κ3) is 4.00. The summed E-state index contributed by atoms with van der Waals surface area (Å²) in [4.78, 5) is 36.7. The van der Waals surface area contributed by atoms with Crippen LogP contribution in [0.15, 0.2) is 57.7 Å². The van der Waals surface area contributed by atoms with E-state index in [1.165, 1.54) is 18.2 Å². The number of hydrogen-bond donors (Lipinski definition) is 0. The molecule has 0 amide bonds. The number of carbonyl (C=O) groups excluding carboxylic acids is 3. The van der Waals surface area contributed by atoms with Crippen molar-refractivity contribution in [2.45, 2.75) is 0 Å². The lowest BCUT2D eigenvalue weighted by atomic mass is 9.91. The van der Waals surface area contributed by atoms with E-state index in [0.29, 0.717) is 0 Å². The molecule has 128 valence electrons. The van der Waals surface area contributed by atoms with Gasteiger partial charge in [0.25, 0.3) is 0 Å². The standard InChI is InChI=1S/C19H16O6/c1-6-12-14(17(20)23-8-3)11-15(18(21)24-9-4)13(7-2)16(12)19(22)25-10-5/h6-11H,1-5H2. The van der Waals surface area contributed by atoms with E-state index in [1.54, 1.807) is 0 Å². The summed E-state index contributed by atoms with van der Waals surface area (Å²) in [7, 11) is 0. The van der Waals surface area contributed by atoms with Crippen LogP contribution >= 0.6 is 0 Å². The maximum Gasteiger partial charge on any atom is 0.344 e. The minimum atomic E-state index is -0.860. The summed E-state index contributed by atoms with van der Waals surface area (Å²) in [6.45, 7) is 17.1. The van der Waals surface area contributed by atoms with Crippen molar-refractivity contribution in [3.8, 4) is 0 Å². The van der Waals surface area contributed by atoms with E-state index in [4.69, 9.17) is 14.2 Å². The molecule has 6 nitrogen and oxygen atoms in total. The van der Waals surface area contributed by atoms with Crippen LogP contribution in [0.4, 0.5) is 0 Å². The average molecular weight is 340 g/mol. The van der Waals surface area contributed by atoms with Crippen LogP contribution in [0.2, 0.25) is 0 Å². The van der Waals surface area contributed by atoms with Gasteiger partial charge in [0.05, 0.1) is 35.5 Å². The van der Waals surface area contributed by atoms with Crippen molar-refractivity contribution in [3.05, 3.63) is 85.6 Å². The summed E-state index contributed by atoms with van der Waals surface area (Å²) >= 11 is 0. The van der Waals surface area contributed by atoms with E-state index in [-0.39, 0.29) is 27.8 Å². The molecule has 1 aromatic carbocycles. The van der Waals surface area contributed by atoms with Gasteiger partial charge in [-0.3, -0.25) is 0 Å². The number of rotatable bonds is 8. The zero-order valence-corrected chi connectivity index (χ0v) is 13.4. The first kappa shape index (κ1) is 19.4. The first-order chi connectivity index (χ1) is 12.0. The fourth-order valence-electron chi connectivity index (χ4n) is 2.11. The van der Waals surface area contributed by atoms with E-state index < -0.39 is 17.9 Å². The van der Waals surface area contributed by atoms with Gasteiger partial charge in [0.1, 0.15) is 0 Å². The van der Waals surface area contributed by atoms with Crippen LogP contribution in [0.5, 0.6) is 0 Å². The van der Waals surface area contributed by atoms with Gasteiger partial charge >= 0.3 is 17.9 Å². The largest absolute Gasteiger partial charge is 0.432 e. The normalized spacial score (nSPS) is 9.28. The molecule has 0 heterocycles. The Morgan fingerprint density at radius 1 is 0.680 bits per heavy atom. The number of hydrogen-bond acceptors (Lipinski definition) is 6. The van der Waals surface area contributed by atoms with Gasteiger partial charge in [0, 0.05) is 11.1 Å². The third-order valence-corrected chi connectivity index (χ3v) is 3.03. The second kappa shape index (κ2) is 8.83. The molecule has 0 unspecified atom stereocenters. The van der Waals surface area contributed by atoms with Crippen molar-refractivity contribution in [1.29, 1.82) is 0 Å². The van der Waals surface area contributed by atoms with Crippen LogP contribution in [0.3, 0.4) is 0 Å². The monoisotopic (exact) mass is 340 g/mol. The molecule has 0 aliphatic heterocycles. The third-order valence-electron chi connectivity index (χ3n) is 3.03. The lowest BCUT2D eigenvalue weighted by Gasteiger charge is -2.15. The van der Waals surface area contributed by atoms with Crippen LogP contribution in [-0.2, 0) is 14.2 Å². The van der Waals surface area contributed by atoms with Gasteiger partial charge in [-0.1, -0.05) is 45.0 Å². The molecule has 0 bridgehead atoms. The van der Waals surface area contributed by atoms with E-state index in [0.717, 1.165) is 18.8 Å². The zero-order chi connectivity index (χ0) is 19.0. The Kier molecular flexibility index (Phi) is 6.84. The summed E-state index contributed by atoms with van der Waals surface area (Å²) in [6.07, 6.45) is 5.27. The van der Waals surface area contributed by atoms with E-state index in [9.17, 15) is 14.4 Å². The van der Waals surface area contributed by atoms with Crippen molar-refractivity contribution in [1.82, 2.24) is 0 Å². The molecular formula is C19H16O6. The molecule has 0 saturated carbocycles. The Balaban J connectivity index is 3.91. The van der Waals surface area contributed by atoms with Gasteiger partial charge in [-0.05, 0) is 6.07 Å². The molecular weight excluding hydrogens is 324 g/mol. The van der Waals surface area contributed by atoms with Gasteiger partial charge in [-0.25, -0.2) is 14.4 Å². The second-order valence-electron chi connectivity index (χ2n) is 4.30. The highest BCUT2D eigenvalue weighted by Crippen LogP contribution is 2.28. The maximum atomic E-state index is 12.3. The van der Waals surface area contributed by atoms with Gasteiger partial charge in [0.2, 0.25) is 0 Å². The van der Waals surface area contributed by atoms with Crippen LogP contribution in [0.1, 0.15) is 42.2 Å². The zero-order valence-electron chi connectivity index (χ0n) is 13.4. The Morgan fingerprint density at radius 2 is 1.04 bits per heavy atom. The quantitative estimate of drug-likeness (QED) is 0.406. The molecule has 0 aliphatic carbocycles. The smallest absolute Gasteiger partial charge is 0.344 e. The number of ether oxygens (including phenoxy) is 3. The molecule has 0 saturated heterocycles. The first-order valence-corrected chi connectivity index (χ1v) is 6.88. The average Bonchev–Trinajstić information content (AvgIpc) is 2.60. The summed E-state index contributed by atoms with van der Waals surface area (Å²) in [6, 6.07) is 1.20. The first-order valence-electron chi connectivity index (χ1n) is 6.88. The predicted octanol–water partition coefficient (Wildman–Crippen LogP) is 3.87. The summed E-state index contributed by atoms with van der Waals surface area (Å²) in [5.41, 5.74) is -0.119. The van der Waals surface area contributed by atoms with Crippen molar-refractivity contribution < 1.29 is 28.6 Å². The molecule has 0 radical (unpaired) electrons. The Labute approximate surface area is 145 Å². The fraction of sp³-hybridized carbons (Fsp3) is 0. The van der Waals surface area contributed by atoms with Crippen molar-refractivity contribution in [3.63, 3.8) is 0 Å². The summed E-state index contributed by atoms with van der Waals surface area (Å²) < 4.78 is 14.3. The van der Waals surface area contributed by atoms with E-state index in [1.807, 2.05) is 0 Å². The summed E-state index contributed by atoms with van der Waals surface area (Å²) in [5, 5.41) is 0. The molecule has 0 spiro atoms. The molecule has 1 rings (SSSR count). The Bertz CT molecular complexity index is 733. The minimum Gasteiger partial charge on any atom is -0.432 e. The minimum absolute atomic E-state index is 0.101. The highest BCUT2D eigenvalue weighted by Gasteiger charge is 2.27. The fourth-order valence-corrected chi connectivity index (χ4v) is 2.11. The molecule has 1 aromatic rings. The van der Waals surface area contributed by atoms with E-state index >= 15 is 0 Å². The maximum absolute atomic E-state index is 12.3. The lowest BCUT2D eigenvalue weighted by Crippen LogP contribution is -2.16. The lowest BCUT2D eigenvalue weighted by molar-refractivity contribution is 0.0662. The molecule has 6 heteroatoms. The van der Waals surface area contributed by atoms with E-state index in [2.05, 4.69) is 32.9 Å². The molecule has 0 aliphatic rings. The van der Waals surface area contributed by atoms with Gasteiger partial charge < -0.3 is 14.2 Å².